The number of para-hydroxylation sites is 2. The number of esters is 1. The van der Waals surface area contributed by atoms with Crippen LogP contribution in [0.5, 0.6) is 0 Å². The highest BCUT2D eigenvalue weighted by molar-refractivity contribution is 5.89. The zero-order valence-electron chi connectivity index (χ0n) is 19.4. The van der Waals surface area contributed by atoms with E-state index in [1.54, 1.807) is 48.5 Å². The molecule has 1 aliphatic heterocycles. The normalized spacial score (nSPS) is 13.8. The van der Waals surface area contributed by atoms with Gasteiger partial charge >= 0.3 is 5.97 Å². The van der Waals surface area contributed by atoms with Gasteiger partial charge in [0.2, 0.25) is 17.8 Å². The van der Waals surface area contributed by atoms with Crippen LogP contribution in [0.1, 0.15) is 28.2 Å². The summed E-state index contributed by atoms with van der Waals surface area (Å²) in [5.74, 6) is -0.255. The van der Waals surface area contributed by atoms with E-state index in [4.69, 9.17) is 9.47 Å². The first-order valence-electron chi connectivity index (χ1n) is 11.3. The van der Waals surface area contributed by atoms with Crippen molar-refractivity contribution < 1.29 is 23.0 Å². The van der Waals surface area contributed by atoms with E-state index in [9.17, 15) is 13.6 Å². The topological polar surface area (TPSA) is 107 Å². The lowest BCUT2D eigenvalue weighted by Gasteiger charge is -2.27. The minimum absolute atomic E-state index is 0.0408. The van der Waals surface area contributed by atoms with Gasteiger partial charge in [0.25, 0.3) is 6.43 Å². The predicted octanol–water partition coefficient (Wildman–Crippen LogP) is 3.38. The molecule has 1 saturated heterocycles. The third kappa shape index (κ3) is 4.80. The third-order valence-corrected chi connectivity index (χ3v) is 5.71. The van der Waals surface area contributed by atoms with Crippen molar-refractivity contribution in [1.82, 2.24) is 24.5 Å². The van der Waals surface area contributed by atoms with Gasteiger partial charge in [-0.3, -0.25) is 4.57 Å². The van der Waals surface area contributed by atoms with E-state index in [1.807, 2.05) is 4.90 Å². The summed E-state index contributed by atoms with van der Waals surface area (Å²) < 4.78 is 39.3. The van der Waals surface area contributed by atoms with E-state index < -0.39 is 18.2 Å². The van der Waals surface area contributed by atoms with Gasteiger partial charge in [-0.1, -0.05) is 24.3 Å². The smallest absolute Gasteiger partial charge is 0.337 e. The number of aromatic nitrogens is 5. The molecule has 0 aliphatic carbocycles. The summed E-state index contributed by atoms with van der Waals surface area (Å²) in [7, 11) is 1.32. The lowest BCUT2D eigenvalue weighted by Crippen LogP contribution is -2.37. The Hall–Kier alpha value is -4.19. The average Bonchev–Trinajstić information content (AvgIpc) is 3.32. The number of methoxy groups -OCH3 is 1. The molecule has 5 rings (SSSR count). The molecule has 0 spiro atoms. The van der Waals surface area contributed by atoms with Crippen LogP contribution in [0.4, 0.5) is 20.7 Å². The Kier molecular flexibility index (Phi) is 6.67. The highest BCUT2D eigenvalue weighted by atomic mass is 19.3. The summed E-state index contributed by atoms with van der Waals surface area (Å²) in [6.07, 6.45) is -2.83. The van der Waals surface area contributed by atoms with Crippen LogP contribution in [0.15, 0.2) is 48.5 Å². The molecule has 0 bridgehead atoms. The van der Waals surface area contributed by atoms with Gasteiger partial charge < -0.3 is 19.7 Å². The third-order valence-electron chi connectivity index (χ3n) is 5.71. The number of ether oxygens (including phenoxy) is 2. The molecule has 2 aromatic heterocycles. The van der Waals surface area contributed by atoms with Crippen molar-refractivity contribution >= 4 is 28.9 Å². The van der Waals surface area contributed by atoms with Crippen LogP contribution in [0.2, 0.25) is 0 Å². The summed E-state index contributed by atoms with van der Waals surface area (Å²) in [6, 6.07) is 13.7. The highest BCUT2D eigenvalue weighted by Gasteiger charge is 2.24. The molecular formula is C24H23F2N7O3. The number of halogens is 2. The number of nitrogens with zero attached hydrogens (tertiary/aromatic N) is 6. The van der Waals surface area contributed by atoms with Gasteiger partial charge in [-0.15, -0.1) is 0 Å². The van der Waals surface area contributed by atoms with Gasteiger partial charge in [-0.05, 0) is 29.8 Å². The predicted molar refractivity (Wildman–Crippen MR) is 128 cm³/mol. The summed E-state index contributed by atoms with van der Waals surface area (Å²) in [5, 5.41) is 3.14. The summed E-state index contributed by atoms with van der Waals surface area (Å²) in [6.45, 7) is 2.47. The molecule has 3 heterocycles. The fourth-order valence-electron chi connectivity index (χ4n) is 3.90. The van der Waals surface area contributed by atoms with Crippen LogP contribution in [0.3, 0.4) is 0 Å². The molecule has 0 saturated carbocycles. The maximum Gasteiger partial charge on any atom is 0.337 e. The monoisotopic (exact) mass is 495 g/mol. The number of hydrogen-bond acceptors (Lipinski definition) is 9. The molecule has 0 radical (unpaired) electrons. The zero-order valence-corrected chi connectivity index (χ0v) is 19.4. The van der Waals surface area contributed by atoms with E-state index in [2.05, 4.69) is 25.3 Å². The van der Waals surface area contributed by atoms with Crippen molar-refractivity contribution in [2.45, 2.75) is 13.0 Å². The minimum Gasteiger partial charge on any atom is -0.465 e. The van der Waals surface area contributed by atoms with Crippen molar-refractivity contribution in [3.05, 3.63) is 65.5 Å². The molecule has 0 atom stereocenters. The second-order valence-corrected chi connectivity index (χ2v) is 8.00. The Morgan fingerprint density at radius 1 is 1.03 bits per heavy atom. The van der Waals surface area contributed by atoms with Crippen molar-refractivity contribution in [3.8, 4) is 5.95 Å². The second-order valence-electron chi connectivity index (χ2n) is 8.00. The fourth-order valence-corrected chi connectivity index (χ4v) is 3.90. The maximum absolute atomic E-state index is 14.0. The Morgan fingerprint density at radius 3 is 2.47 bits per heavy atom. The number of rotatable bonds is 7. The number of fused-ring (bicyclic) bond motifs is 1. The molecule has 0 amide bonds. The molecule has 10 nitrogen and oxygen atoms in total. The van der Waals surface area contributed by atoms with Gasteiger partial charge in [0.1, 0.15) is 0 Å². The first-order valence-corrected chi connectivity index (χ1v) is 11.3. The molecule has 1 aliphatic rings. The van der Waals surface area contributed by atoms with E-state index in [0.29, 0.717) is 55.4 Å². The van der Waals surface area contributed by atoms with Gasteiger partial charge in [-0.25, -0.2) is 18.6 Å². The minimum atomic E-state index is -2.83. The number of imidazole rings is 1. The molecule has 12 heteroatoms. The van der Waals surface area contributed by atoms with E-state index >= 15 is 0 Å². The molecule has 2 aromatic carbocycles. The number of carbonyl (C=O) groups is 1. The summed E-state index contributed by atoms with van der Waals surface area (Å²) >= 11 is 0. The first kappa shape index (κ1) is 23.5. The maximum atomic E-state index is 14.0. The van der Waals surface area contributed by atoms with Crippen LogP contribution >= 0.6 is 0 Å². The first-order chi connectivity index (χ1) is 17.5. The molecule has 1 N–H and O–H groups in total. The number of nitrogens with one attached hydrogen (secondary N) is 1. The average molecular weight is 495 g/mol. The Balaban J connectivity index is 1.52. The van der Waals surface area contributed by atoms with Crippen molar-refractivity contribution in [2.75, 3.05) is 43.6 Å². The van der Waals surface area contributed by atoms with E-state index in [-0.39, 0.29) is 11.9 Å². The molecular weight excluding hydrogens is 472 g/mol. The number of benzene rings is 2. The van der Waals surface area contributed by atoms with Crippen LogP contribution in [-0.4, -0.2) is 63.9 Å². The van der Waals surface area contributed by atoms with E-state index in [0.717, 1.165) is 5.56 Å². The molecule has 1 fully saturated rings. The highest BCUT2D eigenvalue weighted by Crippen LogP contribution is 2.27. The van der Waals surface area contributed by atoms with Crippen molar-refractivity contribution in [1.29, 1.82) is 0 Å². The zero-order chi connectivity index (χ0) is 25.1. The van der Waals surface area contributed by atoms with Crippen molar-refractivity contribution in [2.24, 2.45) is 0 Å². The lowest BCUT2D eigenvalue weighted by atomic mass is 10.1. The van der Waals surface area contributed by atoms with Crippen LogP contribution in [0.25, 0.3) is 17.0 Å². The Morgan fingerprint density at radius 2 is 1.75 bits per heavy atom. The molecule has 36 heavy (non-hydrogen) atoms. The molecule has 0 unspecified atom stereocenters. The number of carbonyl (C=O) groups excluding carboxylic acids is 1. The van der Waals surface area contributed by atoms with E-state index in [1.165, 1.54) is 11.7 Å². The summed E-state index contributed by atoms with van der Waals surface area (Å²) in [5.41, 5.74) is 2.18. The Bertz CT molecular complexity index is 1370. The lowest BCUT2D eigenvalue weighted by molar-refractivity contribution is 0.0600. The molecule has 186 valence electrons. The quantitative estimate of drug-likeness (QED) is 0.386. The largest absolute Gasteiger partial charge is 0.465 e. The Labute approximate surface area is 204 Å². The second kappa shape index (κ2) is 10.2. The summed E-state index contributed by atoms with van der Waals surface area (Å²) in [4.78, 5) is 31.2. The van der Waals surface area contributed by atoms with Gasteiger partial charge in [0, 0.05) is 19.6 Å². The number of morpholine rings is 1. The van der Waals surface area contributed by atoms with Gasteiger partial charge in [0.05, 0.1) is 36.9 Å². The number of alkyl halides is 2. The van der Waals surface area contributed by atoms with Crippen LogP contribution < -0.4 is 10.2 Å². The number of hydrogen-bond donors (Lipinski definition) is 1. The molecule has 4 aromatic rings. The van der Waals surface area contributed by atoms with Crippen LogP contribution in [0, 0.1) is 0 Å². The van der Waals surface area contributed by atoms with Crippen molar-refractivity contribution in [3.63, 3.8) is 0 Å². The fraction of sp³-hybridized carbons (Fsp3) is 0.292. The standard InChI is InChI=1S/C24H23F2N7O3/c1-35-21(34)16-8-6-15(7-9-16)14-27-22-29-23(32-10-12-36-13-11-32)31-24(30-22)33-18-5-3-2-4-17(18)28-20(33)19(25)26/h2-9,19H,10-14H2,1H3,(H,27,29,30,31). The van der Waals surface area contributed by atoms with Gasteiger partial charge in [-0.2, -0.15) is 15.0 Å². The van der Waals surface area contributed by atoms with Gasteiger partial charge in [0.15, 0.2) is 5.82 Å². The number of anilines is 2. The SMILES string of the molecule is COC(=O)c1ccc(CNc2nc(N3CCOCC3)nc(-n3c(C(F)F)nc4ccccc43)n2)cc1. The van der Waals surface area contributed by atoms with Crippen LogP contribution in [-0.2, 0) is 16.0 Å².